The summed E-state index contributed by atoms with van der Waals surface area (Å²) in [6, 6.07) is 2.89. The number of rotatable bonds is 6. The fraction of sp³-hybridized carbons (Fsp3) is 0.633. The van der Waals surface area contributed by atoms with Crippen molar-refractivity contribution in [2.75, 3.05) is 7.11 Å². The lowest BCUT2D eigenvalue weighted by molar-refractivity contribution is -0.176. The van der Waals surface area contributed by atoms with Gasteiger partial charge in [-0.1, -0.05) is 13.0 Å². The molecule has 2 bridgehead atoms. The minimum absolute atomic E-state index is 0.0338. The first-order chi connectivity index (χ1) is 18.7. The summed E-state index contributed by atoms with van der Waals surface area (Å²) in [5.74, 6) is 0.209. The van der Waals surface area contributed by atoms with Crippen molar-refractivity contribution < 1.29 is 43.2 Å². The van der Waals surface area contributed by atoms with Gasteiger partial charge in [-0.05, 0) is 89.8 Å². The topological polar surface area (TPSA) is 130 Å². The zero-order chi connectivity index (χ0) is 29.2. The highest BCUT2D eigenvalue weighted by Gasteiger charge is 2.72. The van der Waals surface area contributed by atoms with E-state index >= 15 is 0 Å². The van der Waals surface area contributed by atoms with Crippen molar-refractivity contribution in [3.63, 3.8) is 0 Å². The molecule has 1 aliphatic heterocycles. The Morgan fingerprint density at radius 3 is 2.58 bits per heavy atom. The van der Waals surface area contributed by atoms with Crippen LogP contribution in [0.4, 0.5) is 4.79 Å². The molecule has 40 heavy (non-hydrogen) atoms. The van der Waals surface area contributed by atoms with Gasteiger partial charge in [-0.15, -0.1) is 0 Å². The van der Waals surface area contributed by atoms with E-state index in [9.17, 15) is 19.5 Å². The molecule has 1 aromatic rings. The number of amides is 1. The van der Waals surface area contributed by atoms with E-state index in [1.54, 1.807) is 34.0 Å². The average Bonchev–Trinajstić information content (AvgIpc) is 3.22. The molecule has 7 atom stereocenters. The number of aliphatic hydroxyl groups is 1. The number of alkyl carbamates (subject to hydrolysis) is 1. The van der Waals surface area contributed by atoms with E-state index in [1.165, 1.54) is 13.8 Å². The van der Waals surface area contributed by atoms with Crippen molar-refractivity contribution in [1.29, 1.82) is 0 Å². The van der Waals surface area contributed by atoms with Crippen molar-refractivity contribution in [2.45, 2.75) is 102 Å². The summed E-state index contributed by atoms with van der Waals surface area (Å²) in [6.45, 7) is 10.1. The predicted molar refractivity (Wildman–Crippen MR) is 143 cm³/mol. The Kier molecular flexibility index (Phi) is 6.84. The molecule has 4 aliphatic rings. The molecule has 1 aromatic carbocycles. The monoisotopic (exact) mass is 557 g/mol. The summed E-state index contributed by atoms with van der Waals surface area (Å²) in [4.78, 5) is 37.7. The van der Waals surface area contributed by atoms with Crippen molar-refractivity contribution >= 4 is 18.0 Å². The van der Waals surface area contributed by atoms with Crippen LogP contribution in [0.2, 0.25) is 0 Å². The number of benzene rings is 1. The van der Waals surface area contributed by atoms with Crippen LogP contribution < -0.4 is 14.8 Å². The predicted octanol–water partition coefficient (Wildman–Crippen LogP) is 3.70. The quantitative estimate of drug-likeness (QED) is 0.397. The summed E-state index contributed by atoms with van der Waals surface area (Å²) in [6.07, 6.45) is 1.61. The van der Waals surface area contributed by atoms with Crippen LogP contribution in [0.5, 0.6) is 11.5 Å². The highest BCUT2D eigenvalue weighted by molar-refractivity contribution is 5.84. The Hall–Kier alpha value is -3.27. The Balaban J connectivity index is 1.35. The second-order valence-corrected chi connectivity index (χ2v) is 12.5. The van der Waals surface area contributed by atoms with Gasteiger partial charge in [-0.3, -0.25) is 0 Å². The zero-order valence-corrected chi connectivity index (χ0v) is 24.2. The van der Waals surface area contributed by atoms with Gasteiger partial charge in [0.05, 0.1) is 18.1 Å². The Morgan fingerprint density at radius 2 is 1.90 bits per heavy atom. The van der Waals surface area contributed by atoms with Crippen LogP contribution in [0.3, 0.4) is 0 Å². The van der Waals surface area contributed by atoms with Gasteiger partial charge in [0.15, 0.2) is 23.7 Å². The third-order valence-electron chi connectivity index (χ3n) is 8.87. The Labute approximate surface area is 234 Å². The van der Waals surface area contributed by atoms with Crippen molar-refractivity contribution in [3.05, 3.63) is 35.1 Å². The first-order valence-electron chi connectivity index (χ1n) is 13.9. The molecule has 1 amide bonds. The molecule has 10 heteroatoms. The number of carbonyl (C=O) groups excluding carboxylic acids is 3. The van der Waals surface area contributed by atoms with Gasteiger partial charge in [-0.2, -0.15) is 0 Å². The number of carbonyl (C=O) groups is 3. The van der Waals surface area contributed by atoms with E-state index in [1.807, 2.05) is 12.1 Å². The normalized spacial score (nSPS) is 31.0. The lowest BCUT2D eigenvalue weighted by Gasteiger charge is -2.61. The molecule has 3 aliphatic carbocycles. The van der Waals surface area contributed by atoms with Crippen LogP contribution in [0.25, 0.3) is 0 Å². The molecular formula is C30H39NO9. The summed E-state index contributed by atoms with van der Waals surface area (Å²) >= 11 is 0. The molecule has 5 rings (SSSR count). The lowest BCUT2D eigenvalue weighted by atomic mass is 9.45. The molecule has 1 spiro atoms. The minimum Gasteiger partial charge on any atom is -0.493 e. The largest absolute Gasteiger partial charge is 0.493 e. The highest BCUT2D eigenvalue weighted by Crippen LogP contribution is 2.68. The summed E-state index contributed by atoms with van der Waals surface area (Å²) in [5.41, 5.74) is -0.494. The van der Waals surface area contributed by atoms with Crippen LogP contribution in [0, 0.1) is 11.8 Å². The molecular weight excluding hydrogens is 518 g/mol. The fourth-order valence-electron chi connectivity index (χ4n) is 7.03. The third-order valence-corrected chi connectivity index (χ3v) is 8.87. The van der Waals surface area contributed by atoms with E-state index in [-0.39, 0.29) is 11.7 Å². The van der Waals surface area contributed by atoms with Crippen LogP contribution in [0.1, 0.15) is 71.9 Å². The van der Waals surface area contributed by atoms with Gasteiger partial charge in [0, 0.05) is 5.56 Å². The van der Waals surface area contributed by atoms with E-state index < -0.39 is 52.9 Å². The molecule has 1 fully saturated rings. The molecule has 1 heterocycles. The number of hydrogen-bond acceptors (Lipinski definition) is 9. The number of hydrogen-bond donors (Lipinski definition) is 2. The van der Waals surface area contributed by atoms with Crippen LogP contribution in [-0.4, -0.2) is 59.7 Å². The van der Waals surface area contributed by atoms with Crippen molar-refractivity contribution in [1.82, 2.24) is 5.32 Å². The van der Waals surface area contributed by atoms with E-state index in [0.29, 0.717) is 30.3 Å². The molecule has 0 saturated heterocycles. The van der Waals surface area contributed by atoms with Gasteiger partial charge in [0.2, 0.25) is 0 Å². The second kappa shape index (κ2) is 9.68. The average molecular weight is 558 g/mol. The van der Waals surface area contributed by atoms with Gasteiger partial charge >= 0.3 is 18.0 Å². The lowest BCUT2D eigenvalue weighted by Crippen LogP contribution is -2.69. The Bertz CT molecular complexity index is 1270. The van der Waals surface area contributed by atoms with Gasteiger partial charge in [-0.25, -0.2) is 14.4 Å². The van der Waals surface area contributed by atoms with E-state index in [2.05, 4.69) is 12.2 Å². The SMILES string of the molecule is COc1ccc2c3c1O[C@H]1C(OC(=O)[C@H](C)OC(=O)[C@H](C)NC(=O)OC(C)(C)C)=CC[C@@]4(O)[C@@H](C2)C(C)CC[C@]314. The fourth-order valence-corrected chi connectivity index (χ4v) is 7.03. The number of methoxy groups -OCH3 is 1. The second-order valence-electron chi connectivity index (χ2n) is 12.5. The molecule has 1 saturated carbocycles. The molecule has 0 aromatic heterocycles. The third kappa shape index (κ3) is 4.31. The van der Waals surface area contributed by atoms with Gasteiger partial charge in [0.25, 0.3) is 0 Å². The van der Waals surface area contributed by atoms with Gasteiger partial charge < -0.3 is 34.1 Å². The van der Waals surface area contributed by atoms with E-state index in [0.717, 1.165) is 24.0 Å². The smallest absolute Gasteiger partial charge is 0.408 e. The number of nitrogens with one attached hydrogen (secondary N) is 1. The standard InChI is InChI=1S/C30H39NO9/c1-15-10-12-29-22-18-8-9-20(36-7)23(22)39-24(29)21(11-13-30(29,35)19(15)14-18)38-26(33)17(3)37-25(32)16(2)31-27(34)40-28(4,5)6/h8-9,11,15-17,19,24,35H,10,12-14H2,1-7H3,(H,31,34)/t15?,16-,17-,19-,24-,29-,30+/m0/s1. The maximum absolute atomic E-state index is 13.1. The van der Waals surface area contributed by atoms with E-state index in [4.69, 9.17) is 23.7 Å². The molecule has 1 unspecified atom stereocenters. The number of ether oxygens (including phenoxy) is 5. The van der Waals surface area contributed by atoms with Crippen molar-refractivity contribution in [3.8, 4) is 11.5 Å². The summed E-state index contributed by atoms with van der Waals surface area (Å²) < 4.78 is 28.4. The van der Waals surface area contributed by atoms with Gasteiger partial charge in [0.1, 0.15) is 17.4 Å². The molecule has 218 valence electrons. The summed E-state index contributed by atoms with van der Waals surface area (Å²) in [5, 5.41) is 14.7. The first kappa shape index (κ1) is 28.3. The molecule has 2 N–H and O–H groups in total. The van der Waals surface area contributed by atoms with Crippen molar-refractivity contribution in [2.24, 2.45) is 11.8 Å². The van der Waals surface area contributed by atoms with Crippen LogP contribution in [-0.2, 0) is 35.6 Å². The number of esters is 2. The molecule has 0 radical (unpaired) electrons. The Morgan fingerprint density at radius 1 is 1.18 bits per heavy atom. The minimum atomic E-state index is -1.26. The van der Waals surface area contributed by atoms with Crippen LogP contribution >= 0.6 is 0 Å². The molecule has 10 nitrogen and oxygen atoms in total. The maximum atomic E-state index is 13.1. The highest BCUT2D eigenvalue weighted by atomic mass is 16.6. The first-order valence-corrected chi connectivity index (χ1v) is 13.9. The zero-order valence-electron chi connectivity index (χ0n) is 24.2. The summed E-state index contributed by atoms with van der Waals surface area (Å²) in [7, 11) is 1.58. The van der Waals surface area contributed by atoms with Crippen LogP contribution in [0.15, 0.2) is 24.0 Å². The maximum Gasteiger partial charge on any atom is 0.408 e.